The van der Waals surface area contributed by atoms with Crippen molar-refractivity contribution in [3.05, 3.63) is 83.8 Å². The first-order chi connectivity index (χ1) is 16.2. The number of nitrogens with one attached hydrogen (secondary N) is 1. The quantitative estimate of drug-likeness (QED) is 0.380. The number of nitrogens with zero attached hydrogens (tertiary/aromatic N) is 2. The Kier molecular flexibility index (Phi) is 6.22. The van der Waals surface area contributed by atoms with Crippen molar-refractivity contribution < 1.29 is 4.74 Å². The first-order valence-electron chi connectivity index (χ1n) is 11.7. The van der Waals surface area contributed by atoms with Crippen LogP contribution in [-0.2, 0) is 6.42 Å². The molecule has 0 unspecified atom stereocenters. The van der Waals surface area contributed by atoms with Gasteiger partial charge in [0.05, 0.1) is 23.1 Å². The predicted molar refractivity (Wildman–Crippen MR) is 134 cm³/mol. The van der Waals surface area contributed by atoms with E-state index in [1.807, 2.05) is 31.3 Å². The maximum absolute atomic E-state index is 6.35. The summed E-state index contributed by atoms with van der Waals surface area (Å²) in [6.07, 6.45) is 9.60. The lowest BCUT2D eigenvalue weighted by Crippen LogP contribution is -2.30. The van der Waals surface area contributed by atoms with Gasteiger partial charge in [-0.3, -0.25) is 10.1 Å². The molecule has 0 aliphatic heterocycles. The number of aromatic nitrogens is 3. The molecule has 2 heterocycles. The molecule has 33 heavy (non-hydrogen) atoms. The van der Waals surface area contributed by atoms with Crippen LogP contribution in [0.25, 0.3) is 27.6 Å². The number of hydrogen-bond acceptors (Lipinski definition) is 4. The second-order valence-corrected chi connectivity index (χ2v) is 8.87. The van der Waals surface area contributed by atoms with Gasteiger partial charge in [-0.05, 0) is 73.9 Å². The normalized spacial score (nSPS) is 14.8. The summed E-state index contributed by atoms with van der Waals surface area (Å²) in [4.78, 5) is 4.87. The van der Waals surface area contributed by atoms with Gasteiger partial charge in [0.15, 0.2) is 0 Å². The first kappa shape index (κ1) is 21.4. The molecule has 5 heteroatoms. The van der Waals surface area contributed by atoms with Crippen molar-refractivity contribution in [2.75, 3.05) is 6.61 Å². The van der Waals surface area contributed by atoms with E-state index in [1.165, 1.54) is 24.0 Å². The van der Waals surface area contributed by atoms with Gasteiger partial charge in [-0.1, -0.05) is 42.5 Å². The summed E-state index contributed by atoms with van der Waals surface area (Å²) in [7, 11) is 0. The SMILES string of the molecule is Cc1n[nH]c2ccc(-c3cc(OC[C@@H](N)Cc4ccccc4)cnc3C3=CCCCC3)cc12. The van der Waals surface area contributed by atoms with Crippen LogP contribution >= 0.6 is 0 Å². The molecular formula is C28H30N4O. The number of rotatable bonds is 7. The van der Waals surface area contributed by atoms with Crippen LogP contribution < -0.4 is 10.5 Å². The maximum Gasteiger partial charge on any atom is 0.138 e. The molecule has 0 amide bonds. The number of pyridine rings is 1. The third-order valence-electron chi connectivity index (χ3n) is 6.33. The van der Waals surface area contributed by atoms with E-state index in [9.17, 15) is 0 Å². The van der Waals surface area contributed by atoms with E-state index in [1.54, 1.807) is 0 Å². The average molecular weight is 439 g/mol. The number of fused-ring (bicyclic) bond motifs is 1. The molecule has 1 atom stereocenters. The molecule has 0 bridgehead atoms. The lowest BCUT2D eigenvalue weighted by molar-refractivity contribution is 0.286. The molecule has 5 nitrogen and oxygen atoms in total. The van der Waals surface area contributed by atoms with E-state index in [-0.39, 0.29) is 6.04 Å². The van der Waals surface area contributed by atoms with Crippen LogP contribution in [0.5, 0.6) is 5.75 Å². The fourth-order valence-electron chi connectivity index (χ4n) is 4.55. The Morgan fingerprint density at radius 1 is 1.09 bits per heavy atom. The van der Waals surface area contributed by atoms with E-state index in [0.717, 1.165) is 58.4 Å². The lowest BCUT2D eigenvalue weighted by atomic mass is 9.91. The van der Waals surface area contributed by atoms with Gasteiger partial charge in [-0.2, -0.15) is 5.10 Å². The van der Waals surface area contributed by atoms with Crippen LogP contribution in [0.3, 0.4) is 0 Å². The Morgan fingerprint density at radius 3 is 2.79 bits per heavy atom. The lowest BCUT2D eigenvalue weighted by Gasteiger charge is -2.18. The Labute approximate surface area is 194 Å². The van der Waals surface area contributed by atoms with Crippen molar-refractivity contribution in [3.63, 3.8) is 0 Å². The highest BCUT2D eigenvalue weighted by Gasteiger charge is 2.16. The van der Waals surface area contributed by atoms with E-state index in [0.29, 0.717) is 6.61 Å². The van der Waals surface area contributed by atoms with Crippen LogP contribution in [0.4, 0.5) is 0 Å². The number of ether oxygens (including phenoxy) is 1. The molecule has 0 saturated heterocycles. The Hall–Kier alpha value is -3.44. The number of aryl methyl sites for hydroxylation is 1. The van der Waals surface area contributed by atoms with Crippen molar-refractivity contribution in [3.8, 4) is 16.9 Å². The molecule has 1 aliphatic rings. The zero-order valence-electron chi connectivity index (χ0n) is 19.1. The molecular weight excluding hydrogens is 408 g/mol. The van der Waals surface area contributed by atoms with Crippen LogP contribution in [0, 0.1) is 6.92 Å². The minimum atomic E-state index is -0.0819. The monoisotopic (exact) mass is 438 g/mol. The number of benzene rings is 2. The Balaban J connectivity index is 1.43. The fraction of sp³-hybridized carbons (Fsp3) is 0.286. The highest BCUT2D eigenvalue weighted by atomic mass is 16.5. The van der Waals surface area contributed by atoms with Crippen molar-refractivity contribution in [2.24, 2.45) is 5.73 Å². The Bertz CT molecular complexity index is 1280. The summed E-state index contributed by atoms with van der Waals surface area (Å²) in [6.45, 7) is 2.47. The van der Waals surface area contributed by atoms with Crippen molar-refractivity contribution in [2.45, 2.75) is 45.1 Å². The van der Waals surface area contributed by atoms with Crippen LogP contribution in [0.1, 0.15) is 42.6 Å². The van der Waals surface area contributed by atoms with Crippen LogP contribution in [-0.4, -0.2) is 27.8 Å². The zero-order chi connectivity index (χ0) is 22.6. The van der Waals surface area contributed by atoms with Crippen molar-refractivity contribution in [1.82, 2.24) is 15.2 Å². The van der Waals surface area contributed by atoms with E-state index in [2.05, 4.69) is 52.7 Å². The molecule has 0 spiro atoms. The fourth-order valence-corrected chi connectivity index (χ4v) is 4.55. The summed E-state index contributed by atoms with van der Waals surface area (Å²) in [5.41, 5.74) is 14.2. The standard InChI is InChI=1S/C28H30N4O/c1-19-25-15-22(12-13-27(25)32-31-19)26-16-24(17-30-28(26)21-10-6-3-7-11-21)33-18-23(29)14-20-8-4-2-5-9-20/h2,4-5,8-10,12-13,15-17,23H,3,6-7,11,14,18,29H2,1H3,(H,31,32)/t23-/m0/s1. The van der Waals surface area contributed by atoms with Gasteiger partial charge in [-0.25, -0.2) is 0 Å². The molecule has 0 radical (unpaired) electrons. The van der Waals surface area contributed by atoms with Crippen molar-refractivity contribution in [1.29, 1.82) is 0 Å². The maximum atomic E-state index is 6.35. The first-order valence-corrected chi connectivity index (χ1v) is 11.7. The van der Waals surface area contributed by atoms with Crippen molar-refractivity contribution >= 4 is 16.5 Å². The number of aromatic amines is 1. The second-order valence-electron chi connectivity index (χ2n) is 8.87. The smallest absolute Gasteiger partial charge is 0.138 e. The van der Waals surface area contributed by atoms with Gasteiger partial charge in [0.25, 0.3) is 0 Å². The molecule has 5 rings (SSSR count). The number of H-pyrrole nitrogens is 1. The van der Waals surface area contributed by atoms with Gasteiger partial charge in [0.2, 0.25) is 0 Å². The van der Waals surface area contributed by atoms with Gasteiger partial charge >= 0.3 is 0 Å². The Morgan fingerprint density at radius 2 is 1.97 bits per heavy atom. The van der Waals surface area contributed by atoms with E-state index < -0.39 is 0 Å². The molecule has 0 fully saturated rings. The topological polar surface area (TPSA) is 76.8 Å². The number of nitrogens with two attached hydrogens (primary N) is 1. The molecule has 2 aromatic carbocycles. The molecule has 1 aliphatic carbocycles. The molecule has 3 N–H and O–H groups in total. The van der Waals surface area contributed by atoms with Gasteiger partial charge < -0.3 is 10.5 Å². The number of allylic oxidation sites excluding steroid dienone is 2. The highest BCUT2D eigenvalue weighted by Crippen LogP contribution is 2.36. The summed E-state index contributed by atoms with van der Waals surface area (Å²) >= 11 is 0. The highest BCUT2D eigenvalue weighted by molar-refractivity contribution is 5.89. The predicted octanol–water partition coefficient (Wildman–Crippen LogP) is 5.84. The summed E-state index contributed by atoms with van der Waals surface area (Å²) in [5.74, 6) is 0.748. The zero-order valence-corrected chi connectivity index (χ0v) is 19.1. The van der Waals surface area contributed by atoms with Gasteiger partial charge in [0, 0.05) is 17.0 Å². The second kappa shape index (κ2) is 9.59. The third-order valence-corrected chi connectivity index (χ3v) is 6.33. The summed E-state index contributed by atoms with van der Waals surface area (Å²) < 4.78 is 6.12. The van der Waals surface area contributed by atoms with Gasteiger partial charge in [-0.15, -0.1) is 0 Å². The summed E-state index contributed by atoms with van der Waals surface area (Å²) in [5, 5.41) is 8.58. The molecule has 4 aromatic rings. The van der Waals surface area contributed by atoms with E-state index >= 15 is 0 Å². The number of hydrogen-bond donors (Lipinski definition) is 2. The molecule has 2 aromatic heterocycles. The average Bonchev–Trinajstić information content (AvgIpc) is 3.24. The molecule has 168 valence electrons. The minimum absolute atomic E-state index is 0.0819. The largest absolute Gasteiger partial charge is 0.490 e. The minimum Gasteiger partial charge on any atom is -0.490 e. The van der Waals surface area contributed by atoms with E-state index in [4.69, 9.17) is 15.5 Å². The van der Waals surface area contributed by atoms with Gasteiger partial charge in [0.1, 0.15) is 12.4 Å². The summed E-state index contributed by atoms with van der Waals surface area (Å²) in [6, 6.07) is 18.7. The van der Waals surface area contributed by atoms with Crippen LogP contribution in [0.2, 0.25) is 0 Å². The van der Waals surface area contributed by atoms with Crippen LogP contribution in [0.15, 0.2) is 66.9 Å². The molecule has 0 saturated carbocycles. The third kappa shape index (κ3) is 4.83.